The first kappa shape index (κ1) is 17.6. The van der Waals surface area contributed by atoms with Crippen LogP contribution in [0.2, 0.25) is 0 Å². The number of esters is 1. The number of aliphatic hydroxyl groups is 1. The van der Waals surface area contributed by atoms with E-state index in [9.17, 15) is 14.7 Å². The third kappa shape index (κ3) is 7.62. The van der Waals surface area contributed by atoms with Gasteiger partial charge in [0.15, 0.2) is 0 Å². The Balaban J connectivity index is 4.59. The van der Waals surface area contributed by atoms with E-state index in [0.29, 0.717) is 12.8 Å². The Kier molecular flexibility index (Phi) is 8.07. The highest BCUT2D eigenvalue weighted by atomic mass is 16.5. The Hall–Kier alpha value is -1.36. The lowest BCUT2D eigenvalue weighted by Crippen LogP contribution is -2.46. The lowest BCUT2D eigenvalue weighted by molar-refractivity contribution is -0.146. The van der Waals surface area contributed by atoms with Crippen molar-refractivity contribution in [1.29, 1.82) is 0 Å². The summed E-state index contributed by atoms with van der Waals surface area (Å²) in [4.78, 5) is 23.3. The van der Waals surface area contributed by atoms with Crippen LogP contribution in [0.4, 0.5) is 0 Å². The SMILES string of the molecule is COC(=O)[C@H](CC=C(C)C)NC(=O)[C@@H](O)CC(C)C. The van der Waals surface area contributed by atoms with Gasteiger partial charge in [0.2, 0.25) is 5.91 Å². The number of hydrogen-bond acceptors (Lipinski definition) is 4. The van der Waals surface area contributed by atoms with Gasteiger partial charge in [-0.05, 0) is 32.6 Å². The van der Waals surface area contributed by atoms with Crippen LogP contribution in [-0.4, -0.2) is 36.2 Å². The highest BCUT2D eigenvalue weighted by Crippen LogP contribution is 2.06. The van der Waals surface area contributed by atoms with Crippen LogP contribution < -0.4 is 5.32 Å². The molecule has 0 aromatic rings. The number of rotatable bonds is 7. The average Bonchev–Trinajstić information content (AvgIpc) is 2.31. The molecule has 0 bridgehead atoms. The minimum absolute atomic E-state index is 0.204. The molecular weight excluding hydrogens is 246 g/mol. The van der Waals surface area contributed by atoms with Gasteiger partial charge in [-0.3, -0.25) is 4.79 Å². The van der Waals surface area contributed by atoms with E-state index in [4.69, 9.17) is 0 Å². The van der Waals surface area contributed by atoms with Crippen molar-refractivity contribution in [2.45, 2.75) is 52.7 Å². The first-order chi connectivity index (χ1) is 8.77. The molecular formula is C14H25NO4. The largest absolute Gasteiger partial charge is 0.467 e. The number of aliphatic hydroxyl groups excluding tert-OH is 1. The van der Waals surface area contributed by atoms with Crippen LogP contribution in [0.3, 0.4) is 0 Å². The molecule has 2 atom stereocenters. The minimum atomic E-state index is -1.10. The number of methoxy groups -OCH3 is 1. The zero-order valence-electron chi connectivity index (χ0n) is 12.4. The van der Waals surface area contributed by atoms with Crippen molar-refractivity contribution in [3.8, 4) is 0 Å². The maximum Gasteiger partial charge on any atom is 0.328 e. The zero-order chi connectivity index (χ0) is 15.0. The predicted octanol–water partition coefficient (Wildman–Crippen LogP) is 1.41. The van der Waals surface area contributed by atoms with Crippen molar-refractivity contribution in [1.82, 2.24) is 5.32 Å². The summed E-state index contributed by atoms with van der Waals surface area (Å²) in [6.07, 6.45) is 1.47. The highest BCUT2D eigenvalue weighted by molar-refractivity contribution is 5.86. The summed E-state index contributed by atoms with van der Waals surface area (Å²) >= 11 is 0. The van der Waals surface area contributed by atoms with Crippen molar-refractivity contribution in [3.63, 3.8) is 0 Å². The third-order valence-corrected chi connectivity index (χ3v) is 2.56. The smallest absolute Gasteiger partial charge is 0.328 e. The quantitative estimate of drug-likeness (QED) is 0.542. The molecule has 0 aliphatic heterocycles. The normalized spacial score (nSPS) is 13.6. The summed E-state index contributed by atoms with van der Waals surface area (Å²) < 4.78 is 4.64. The van der Waals surface area contributed by atoms with E-state index in [2.05, 4.69) is 10.1 Å². The molecule has 0 spiro atoms. The number of hydrogen-bond donors (Lipinski definition) is 2. The van der Waals surface area contributed by atoms with E-state index < -0.39 is 24.0 Å². The van der Waals surface area contributed by atoms with Gasteiger partial charge in [-0.1, -0.05) is 25.5 Å². The van der Waals surface area contributed by atoms with Crippen LogP contribution in [0.25, 0.3) is 0 Å². The molecule has 19 heavy (non-hydrogen) atoms. The summed E-state index contributed by atoms with van der Waals surface area (Å²) in [7, 11) is 1.27. The Labute approximate surface area is 115 Å². The van der Waals surface area contributed by atoms with E-state index in [0.717, 1.165) is 5.57 Å². The van der Waals surface area contributed by atoms with Gasteiger partial charge in [0.1, 0.15) is 12.1 Å². The second kappa shape index (κ2) is 8.69. The molecule has 5 nitrogen and oxygen atoms in total. The molecule has 0 saturated heterocycles. The van der Waals surface area contributed by atoms with Gasteiger partial charge in [-0.15, -0.1) is 0 Å². The van der Waals surface area contributed by atoms with Crippen molar-refractivity contribution < 1.29 is 19.4 Å². The standard InChI is InChI=1S/C14H25NO4/c1-9(2)6-7-11(14(18)19-5)15-13(17)12(16)8-10(3)4/h6,10-12,16H,7-8H2,1-5H3,(H,15,17)/t11-,12-/m0/s1. The van der Waals surface area contributed by atoms with Crippen LogP contribution in [0, 0.1) is 5.92 Å². The predicted molar refractivity (Wildman–Crippen MR) is 73.5 cm³/mol. The van der Waals surface area contributed by atoms with E-state index in [1.807, 2.05) is 33.8 Å². The maximum atomic E-state index is 11.8. The number of amides is 1. The first-order valence-electron chi connectivity index (χ1n) is 6.47. The lowest BCUT2D eigenvalue weighted by Gasteiger charge is -2.18. The molecule has 0 heterocycles. The lowest BCUT2D eigenvalue weighted by atomic mass is 10.0. The van der Waals surface area contributed by atoms with E-state index in [1.54, 1.807) is 0 Å². The Morgan fingerprint density at radius 1 is 1.32 bits per heavy atom. The number of carbonyl (C=O) groups excluding carboxylic acids is 2. The second-order valence-electron chi connectivity index (χ2n) is 5.25. The summed E-state index contributed by atoms with van der Waals surface area (Å²) in [6, 6.07) is -0.755. The van der Waals surface area contributed by atoms with Crippen LogP contribution in [0.15, 0.2) is 11.6 Å². The monoisotopic (exact) mass is 271 g/mol. The molecule has 0 saturated carbocycles. The van der Waals surface area contributed by atoms with E-state index in [-0.39, 0.29) is 5.92 Å². The number of carbonyl (C=O) groups is 2. The summed E-state index contributed by atoms with van der Waals surface area (Å²) in [5, 5.41) is 12.2. The highest BCUT2D eigenvalue weighted by Gasteiger charge is 2.24. The van der Waals surface area contributed by atoms with Crippen LogP contribution in [0.1, 0.15) is 40.5 Å². The molecule has 0 aliphatic rings. The number of nitrogens with one attached hydrogen (secondary N) is 1. The summed E-state index contributed by atoms with van der Waals surface area (Å²) in [5.74, 6) is -0.844. The fraction of sp³-hybridized carbons (Fsp3) is 0.714. The van der Waals surface area contributed by atoms with Crippen molar-refractivity contribution in [3.05, 3.63) is 11.6 Å². The van der Waals surface area contributed by atoms with Gasteiger partial charge in [0.05, 0.1) is 7.11 Å². The molecule has 2 N–H and O–H groups in total. The third-order valence-electron chi connectivity index (χ3n) is 2.56. The van der Waals surface area contributed by atoms with Gasteiger partial charge in [-0.25, -0.2) is 4.79 Å². The molecule has 0 aromatic carbocycles. The number of ether oxygens (including phenoxy) is 1. The van der Waals surface area contributed by atoms with Crippen LogP contribution in [-0.2, 0) is 14.3 Å². The van der Waals surface area contributed by atoms with Gasteiger partial charge in [-0.2, -0.15) is 0 Å². The van der Waals surface area contributed by atoms with Crippen LogP contribution in [0.5, 0.6) is 0 Å². The molecule has 0 aromatic heterocycles. The average molecular weight is 271 g/mol. The van der Waals surface area contributed by atoms with Gasteiger partial charge >= 0.3 is 5.97 Å². The minimum Gasteiger partial charge on any atom is -0.467 e. The molecule has 1 amide bonds. The van der Waals surface area contributed by atoms with Crippen LogP contribution >= 0.6 is 0 Å². The van der Waals surface area contributed by atoms with E-state index in [1.165, 1.54) is 7.11 Å². The topological polar surface area (TPSA) is 75.6 Å². The van der Waals surface area contributed by atoms with Gasteiger partial charge in [0.25, 0.3) is 0 Å². The number of allylic oxidation sites excluding steroid dienone is 1. The fourth-order valence-corrected chi connectivity index (χ4v) is 1.53. The van der Waals surface area contributed by atoms with Gasteiger partial charge in [0, 0.05) is 0 Å². The second-order valence-corrected chi connectivity index (χ2v) is 5.25. The molecule has 5 heteroatoms. The Bertz CT molecular complexity index is 332. The van der Waals surface area contributed by atoms with Crippen molar-refractivity contribution >= 4 is 11.9 Å². The maximum absolute atomic E-state index is 11.8. The fourth-order valence-electron chi connectivity index (χ4n) is 1.53. The van der Waals surface area contributed by atoms with Gasteiger partial charge < -0.3 is 15.2 Å². The molecule has 0 rings (SSSR count). The van der Waals surface area contributed by atoms with E-state index >= 15 is 0 Å². The molecule has 0 aliphatic carbocycles. The molecule has 0 radical (unpaired) electrons. The first-order valence-corrected chi connectivity index (χ1v) is 6.47. The molecule has 110 valence electrons. The zero-order valence-corrected chi connectivity index (χ0v) is 12.4. The summed E-state index contributed by atoms with van der Waals surface area (Å²) in [5.41, 5.74) is 1.05. The summed E-state index contributed by atoms with van der Waals surface area (Å²) in [6.45, 7) is 7.64. The Morgan fingerprint density at radius 2 is 1.89 bits per heavy atom. The molecule has 0 fully saturated rings. The molecule has 0 unspecified atom stereocenters. The Morgan fingerprint density at radius 3 is 2.32 bits per heavy atom. The van der Waals surface area contributed by atoms with Crippen molar-refractivity contribution in [2.75, 3.05) is 7.11 Å². The van der Waals surface area contributed by atoms with Crippen molar-refractivity contribution in [2.24, 2.45) is 5.92 Å².